The highest BCUT2D eigenvalue weighted by Gasteiger charge is 2.09. The van der Waals surface area contributed by atoms with Crippen molar-refractivity contribution in [3.05, 3.63) is 47.2 Å². The van der Waals surface area contributed by atoms with Crippen LogP contribution in [0.3, 0.4) is 0 Å². The molecule has 0 saturated heterocycles. The second kappa shape index (κ2) is 6.01. The van der Waals surface area contributed by atoms with Crippen LogP contribution in [0.4, 0.5) is 21.5 Å². The third kappa shape index (κ3) is 3.54. The fourth-order valence-corrected chi connectivity index (χ4v) is 2.01. The lowest BCUT2D eigenvalue weighted by molar-refractivity contribution is 0.242. The average molecular weight is 295 g/mol. The maximum absolute atomic E-state index is 13.7. The van der Waals surface area contributed by atoms with Gasteiger partial charge in [-0.3, -0.25) is 0 Å². The predicted molar refractivity (Wildman–Crippen MR) is 81.3 cm³/mol. The third-order valence-corrected chi connectivity index (χ3v) is 2.85. The monoisotopic (exact) mass is 294 g/mol. The summed E-state index contributed by atoms with van der Waals surface area (Å²) in [5, 5.41) is 3.23. The number of hydrogen-bond acceptors (Lipinski definition) is 3. The molecule has 0 heterocycles. The molecular formula is C15H16ClFN2O. The number of anilines is 3. The molecule has 0 radical (unpaired) electrons. The van der Waals surface area contributed by atoms with Crippen molar-refractivity contribution >= 4 is 28.7 Å². The van der Waals surface area contributed by atoms with Crippen LogP contribution in [-0.2, 0) is 0 Å². The molecule has 0 bridgehead atoms. The van der Waals surface area contributed by atoms with Crippen LogP contribution in [0.25, 0.3) is 0 Å². The number of halogens is 2. The van der Waals surface area contributed by atoms with Gasteiger partial charge in [0.1, 0.15) is 11.6 Å². The van der Waals surface area contributed by atoms with E-state index in [1.54, 1.807) is 30.3 Å². The van der Waals surface area contributed by atoms with Gasteiger partial charge < -0.3 is 15.8 Å². The fraction of sp³-hybridized carbons (Fsp3) is 0.200. The molecule has 106 valence electrons. The molecule has 2 aromatic rings. The maximum atomic E-state index is 13.7. The maximum Gasteiger partial charge on any atom is 0.148 e. The van der Waals surface area contributed by atoms with E-state index in [-0.39, 0.29) is 11.8 Å². The van der Waals surface area contributed by atoms with E-state index in [2.05, 4.69) is 5.32 Å². The van der Waals surface area contributed by atoms with E-state index < -0.39 is 5.82 Å². The quantitative estimate of drug-likeness (QED) is 0.811. The van der Waals surface area contributed by atoms with Crippen molar-refractivity contribution in [2.45, 2.75) is 20.0 Å². The minimum atomic E-state index is -0.425. The van der Waals surface area contributed by atoms with Gasteiger partial charge in [0.25, 0.3) is 0 Å². The summed E-state index contributed by atoms with van der Waals surface area (Å²) in [5.74, 6) is 0.196. The Kier molecular flexibility index (Phi) is 4.35. The Bertz CT molecular complexity index is 597. The van der Waals surface area contributed by atoms with Crippen molar-refractivity contribution in [1.29, 1.82) is 0 Å². The van der Waals surface area contributed by atoms with Gasteiger partial charge in [-0.1, -0.05) is 17.7 Å². The van der Waals surface area contributed by atoms with E-state index >= 15 is 0 Å². The van der Waals surface area contributed by atoms with Gasteiger partial charge in [0.05, 0.1) is 16.8 Å². The van der Waals surface area contributed by atoms with E-state index in [1.807, 2.05) is 13.8 Å². The summed E-state index contributed by atoms with van der Waals surface area (Å²) in [5.41, 5.74) is 7.18. The lowest BCUT2D eigenvalue weighted by atomic mass is 10.2. The number of para-hydroxylation sites is 1. The summed E-state index contributed by atoms with van der Waals surface area (Å²) in [6, 6.07) is 9.66. The first kappa shape index (κ1) is 14.5. The molecule has 2 aromatic carbocycles. The van der Waals surface area contributed by atoms with Crippen molar-refractivity contribution in [2.24, 2.45) is 0 Å². The average Bonchev–Trinajstić information content (AvgIpc) is 2.32. The van der Waals surface area contributed by atoms with Crippen molar-refractivity contribution in [2.75, 3.05) is 11.1 Å². The number of ether oxygens (including phenoxy) is 1. The van der Waals surface area contributed by atoms with Crippen LogP contribution in [0.15, 0.2) is 36.4 Å². The topological polar surface area (TPSA) is 47.3 Å². The summed E-state index contributed by atoms with van der Waals surface area (Å²) >= 11 is 5.98. The number of nitrogens with two attached hydrogens (primary N) is 1. The summed E-state index contributed by atoms with van der Waals surface area (Å²) < 4.78 is 19.3. The molecule has 0 unspecified atom stereocenters. The molecule has 0 aromatic heterocycles. The van der Waals surface area contributed by atoms with Gasteiger partial charge in [-0.25, -0.2) is 4.39 Å². The van der Waals surface area contributed by atoms with Crippen LogP contribution in [0.2, 0.25) is 5.02 Å². The zero-order valence-electron chi connectivity index (χ0n) is 11.3. The van der Waals surface area contributed by atoms with Crippen molar-refractivity contribution in [3.8, 4) is 5.75 Å². The van der Waals surface area contributed by atoms with Gasteiger partial charge in [0, 0.05) is 23.5 Å². The molecule has 3 nitrogen and oxygen atoms in total. The molecule has 5 heteroatoms. The predicted octanol–water partition coefficient (Wildman–Crippen LogP) is 4.59. The minimum Gasteiger partial charge on any atom is -0.491 e. The zero-order chi connectivity index (χ0) is 14.7. The lowest BCUT2D eigenvalue weighted by Crippen LogP contribution is -2.06. The zero-order valence-corrected chi connectivity index (χ0v) is 12.0. The molecule has 0 spiro atoms. The van der Waals surface area contributed by atoms with Crippen molar-refractivity contribution in [1.82, 2.24) is 0 Å². The fourth-order valence-electron chi connectivity index (χ4n) is 1.80. The molecule has 0 fully saturated rings. The summed E-state index contributed by atoms with van der Waals surface area (Å²) in [4.78, 5) is 0. The van der Waals surface area contributed by atoms with Crippen LogP contribution in [0, 0.1) is 5.82 Å². The van der Waals surface area contributed by atoms with E-state index in [9.17, 15) is 4.39 Å². The van der Waals surface area contributed by atoms with Crippen LogP contribution < -0.4 is 15.8 Å². The molecular weight excluding hydrogens is 279 g/mol. The Morgan fingerprint density at radius 1 is 1.25 bits per heavy atom. The molecule has 0 amide bonds. The van der Waals surface area contributed by atoms with Gasteiger partial charge in [-0.05, 0) is 32.0 Å². The molecule has 0 aliphatic heterocycles. The first-order valence-corrected chi connectivity index (χ1v) is 6.62. The normalized spacial score (nSPS) is 10.7. The lowest BCUT2D eigenvalue weighted by Gasteiger charge is -2.14. The van der Waals surface area contributed by atoms with Gasteiger partial charge in [0.2, 0.25) is 0 Å². The van der Waals surface area contributed by atoms with Gasteiger partial charge in [-0.2, -0.15) is 0 Å². The number of benzene rings is 2. The van der Waals surface area contributed by atoms with Gasteiger partial charge >= 0.3 is 0 Å². The highest BCUT2D eigenvalue weighted by atomic mass is 35.5. The van der Waals surface area contributed by atoms with Crippen LogP contribution in [0.1, 0.15) is 13.8 Å². The third-order valence-electron chi connectivity index (χ3n) is 2.53. The first-order valence-electron chi connectivity index (χ1n) is 6.24. The largest absolute Gasteiger partial charge is 0.491 e. The van der Waals surface area contributed by atoms with E-state index in [0.29, 0.717) is 22.1 Å². The summed E-state index contributed by atoms with van der Waals surface area (Å²) in [6.07, 6.45) is 0.0294. The highest BCUT2D eigenvalue weighted by molar-refractivity contribution is 6.33. The standard InChI is InChI=1S/C15H16ClFN2O/c1-9(2)20-12-7-10(18)6-11(8-12)19-15-13(16)4-3-5-14(15)17/h3-9,19H,18H2,1-2H3. The second-order valence-corrected chi connectivity index (χ2v) is 5.09. The van der Waals surface area contributed by atoms with Gasteiger partial charge in [0.15, 0.2) is 0 Å². The van der Waals surface area contributed by atoms with Gasteiger partial charge in [-0.15, -0.1) is 0 Å². The van der Waals surface area contributed by atoms with Crippen LogP contribution in [0.5, 0.6) is 5.75 Å². The van der Waals surface area contributed by atoms with Crippen LogP contribution in [-0.4, -0.2) is 6.10 Å². The highest BCUT2D eigenvalue weighted by Crippen LogP contribution is 2.31. The Balaban J connectivity index is 2.31. The van der Waals surface area contributed by atoms with Crippen molar-refractivity contribution < 1.29 is 9.13 Å². The Labute approximate surface area is 122 Å². The summed E-state index contributed by atoms with van der Waals surface area (Å²) in [6.45, 7) is 3.84. The molecule has 20 heavy (non-hydrogen) atoms. The van der Waals surface area contributed by atoms with E-state index in [0.717, 1.165) is 0 Å². The molecule has 0 aliphatic carbocycles. The Morgan fingerprint density at radius 3 is 2.65 bits per heavy atom. The molecule has 0 saturated carbocycles. The Hall–Kier alpha value is -1.94. The number of nitrogen functional groups attached to an aromatic ring is 1. The number of rotatable bonds is 4. The smallest absolute Gasteiger partial charge is 0.148 e. The molecule has 2 rings (SSSR count). The molecule has 0 atom stereocenters. The van der Waals surface area contributed by atoms with E-state index in [4.69, 9.17) is 22.1 Å². The number of nitrogens with one attached hydrogen (secondary N) is 1. The van der Waals surface area contributed by atoms with Crippen molar-refractivity contribution in [3.63, 3.8) is 0 Å². The summed E-state index contributed by atoms with van der Waals surface area (Å²) in [7, 11) is 0. The second-order valence-electron chi connectivity index (χ2n) is 4.68. The van der Waals surface area contributed by atoms with E-state index in [1.165, 1.54) is 6.07 Å². The number of hydrogen-bond donors (Lipinski definition) is 2. The minimum absolute atomic E-state index is 0.0294. The first-order chi connectivity index (χ1) is 9.45. The molecule has 0 aliphatic rings. The van der Waals surface area contributed by atoms with Crippen LogP contribution >= 0.6 is 11.6 Å². The Morgan fingerprint density at radius 2 is 2.00 bits per heavy atom. The molecule has 3 N–H and O–H groups in total. The SMILES string of the molecule is CC(C)Oc1cc(N)cc(Nc2c(F)cccc2Cl)c1.